The van der Waals surface area contributed by atoms with E-state index >= 15 is 0 Å². The van der Waals surface area contributed by atoms with Gasteiger partial charge in [-0.05, 0) is 18.9 Å². The largest absolute Gasteiger partial charge is 0.347 e. The number of nitrogens with zero attached hydrogens (tertiary/aromatic N) is 1. The summed E-state index contributed by atoms with van der Waals surface area (Å²) in [7, 11) is 3.59. The van der Waals surface area contributed by atoms with Gasteiger partial charge in [0, 0.05) is 20.1 Å². The van der Waals surface area contributed by atoms with Crippen LogP contribution in [0, 0.1) is 0 Å². The van der Waals surface area contributed by atoms with Gasteiger partial charge in [0.05, 0.1) is 6.04 Å². The van der Waals surface area contributed by atoms with Crippen LogP contribution in [0.4, 0.5) is 0 Å². The van der Waals surface area contributed by atoms with Gasteiger partial charge in [-0.15, -0.1) is 0 Å². The number of nitrogens with one attached hydrogen (secondary N) is 1. The van der Waals surface area contributed by atoms with E-state index < -0.39 is 0 Å². The van der Waals surface area contributed by atoms with Crippen molar-refractivity contribution in [3.8, 4) is 0 Å². The summed E-state index contributed by atoms with van der Waals surface area (Å²) in [6, 6.07) is 10.5. The minimum absolute atomic E-state index is 0.123. The second-order valence-electron chi connectivity index (χ2n) is 5.23. The summed E-state index contributed by atoms with van der Waals surface area (Å²) in [5.74, 6) is 0.123. The number of hydrogen-bond acceptors (Lipinski definition) is 2. The number of amides is 1. The Balaban J connectivity index is 2.72. The fourth-order valence-electron chi connectivity index (χ4n) is 2.20. The van der Waals surface area contributed by atoms with E-state index in [-0.39, 0.29) is 18.0 Å². The van der Waals surface area contributed by atoms with Crippen molar-refractivity contribution in [1.29, 1.82) is 0 Å². The van der Waals surface area contributed by atoms with Crippen molar-refractivity contribution in [1.82, 2.24) is 10.2 Å². The second-order valence-corrected chi connectivity index (χ2v) is 5.23. The number of hydrogen-bond donors (Lipinski definition) is 1. The lowest BCUT2D eigenvalue weighted by Crippen LogP contribution is -2.43. The molecule has 0 spiro atoms. The Hall–Kier alpha value is -1.35. The van der Waals surface area contributed by atoms with E-state index in [4.69, 9.17) is 0 Å². The van der Waals surface area contributed by atoms with E-state index in [1.807, 2.05) is 25.1 Å². The number of likely N-dealkylation sites (N-methyl/N-ethyl adjacent to an activating group) is 1. The third kappa shape index (κ3) is 5.03. The van der Waals surface area contributed by atoms with Gasteiger partial charge in [-0.3, -0.25) is 10.1 Å². The highest BCUT2D eigenvalue weighted by Gasteiger charge is 2.19. The average molecular weight is 262 g/mol. The van der Waals surface area contributed by atoms with E-state index in [0.29, 0.717) is 0 Å². The molecule has 3 heteroatoms. The Morgan fingerprint density at radius 1 is 1.26 bits per heavy atom. The maximum atomic E-state index is 11.9. The molecule has 0 bridgehead atoms. The Morgan fingerprint density at radius 3 is 2.42 bits per heavy atom. The third-order valence-corrected chi connectivity index (χ3v) is 3.31. The highest BCUT2D eigenvalue weighted by Crippen LogP contribution is 2.20. The molecule has 19 heavy (non-hydrogen) atoms. The van der Waals surface area contributed by atoms with Gasteiger partial charge in [0.25, 0.3) is 0 Å². The first-order chi connectivity index (χ1) is 9.06. The molecular weight excluding hydrogens is 236 g/mol. The summed E-state index contributed by atoms with van der Waals surface area (Å²) in [6.07, 6.45) is 3.39. The molecule has 0 aliphatic heterocycles. The zero-order valence-electron chi connectivity index (χ0n) is 12.5. The minimum Gasteiger partial charge on any atom is -0.347 e. The predicted molar refractivity (Wildman–Crippen MR) is 80.0 cm³/mol. The molecule has 0 heterocycles. The molecule has 0 aliphatic rings. The highest BCUT2D eigenvalue weighted by molar-refractivity contribution is 5.80. The number of rotatable bonds is 7. The molecule has 1 aromatic rings. The summed E-state index contributed by atoms with van der Waals surface area (Å²) < 4.78 is 0. The molecule has 0 fully saturated rings. The average Bonchev–Trinajstić information content (AvgIpc) is 2.43. The number of carbonyl (C=O) groups is 1. The van der Waals surface area contributed by atoms with Crippen LogP contribution < -0.4 is 5.32 Å². The number of benzene rings is 1. The third-order valence-electron chi connectivity index (χ3n) is 3.31. The van der Waals surface area contributed by atoms with Crippen LogP contribution in [0.2, 0.25) is 0 Å². The highest BCUT2D eigenvalue weighted by atomic mass is 16.2. The fraction of sp³-hybridized carbons (Fsp3) is 0.562. The first-order valence-corrected chi connectivity index (χ1v) is 7.08. The monoisotopic (exact) mass is 262 g/mol. The number of carbonyl (C=O) groups excluding carboxylic acids is 1. The lowest BCUT2D eigenvalue weighted by Gasteiger charge is -2.25. The van der Waals surface area contributed by atoms with Gasteiger partial charge in [-0.1, -0.05) is 50.1 Å². The molecular formula is C16H26N2O. The van der Waals surface area contributed by atoms with Gasteiger partial charge in [0.1, 0.15) is 0 Å². The van der Waals surface area contributed by atoms with E-state index in [1.165, 1.54) is 12.0 Å². The predicted octanol–water partition coefficient (Wildman–Crippen LogP) is 2.98. The lowest BCUT2D eigenvalue weighted by atomic mass is 10.00. The SMILES string of the molecule is CCCCC(NC(C)C(=O)N(C)C)c1ccccc1. The summed E-state index contributed by atoms with van der Waals surface area (Å²) in [5.41, 5.74) is 1.26. The molecule has 1 aromatic carbocycles. The van der Waals surface area contributed by atoms with E-state index in [1.54, 1.807) is 19.0 Å². The van der Waals surface area contributed by atoms with Gasteiger partial charge in [-0.25, -0.2) is 0 Å². The summed E-state index contributed by atoms with van der Waals surface area (Å²) in [4.78, 5) is 13.6. The van der Waals surface area contributed by atoms with Crippen LogP contribution in [-0.4, -0.2) is 30.9 Å². The molecule has 1 rings (SSSR count). The molecule has 0 saturated heterocycles. The van der Waals surface area contributed by atoms with Crippen LogP contribution in [0.3, 0.4) is 0 Å². The zero-order valence-corrected chi connectivity index (χ0v) is 12.5. The van der Waals surface area contributed by atoms with Gasteiger partial charge in [0.15, 0.2) is 0 Å². The molecule has 0 saturated carbocycles. The fourth-order valence-corrected chi connectivity index (χ4v) is 2.20. The maximum Gasteiger partial charge on any atom is 0.238 e. The van der Waals surface area contributed by atoms with Gasteiger partial charge in [-0.2, -0.15) is 0 Å². The quantitative estimate of drug-likeness (QED) is 0.819. The topological polar surface area (TPSA) is 32.3 Å². The van der Waals surface area contributed by atoms with Crippen molar-refractivity contribution in [2.45, 2.75) is 45.2 Å². The number of unbranched alkanes of at least 4 members (excludes halogenated alkanes) is 1. The Labute approximate surface area is 117 Å². The zero-order chi connectivity index (χ0) is 14.3. The second kappa shape index (κ2) is 7.95. The van der Waals surface area contributed by atoms with Crippen LogP contribution in [0.25, 0.3) is 0 Å². The molecule has 2 atom stereocenters. The van der Waals surface area contributed by atoms with Crippen molar-refractivity contribution in [3.05, 3.63) is 35.9 Å². The Morgan fingerprint density at radius 2 is 1.89 bits per heavy atom. The smallest absolute Gasteiger partial charge is 0.238 e. The van der Waals surface area contributed by atoms with Crippen LogP contribution >= 0.6 is 0 Å². The summed E-state index contributed by atoms with van der Waals surface area (Å²) in [5, 5.41) is 3.46. The lowest BCUT2D eigenvalue weighted by molar-refractivity contribution is -0.130. The molecule has 0 radical (unpaired) electrons. The molecule has 1 N–H and O–H groups in total. The normalized spacial score (nSPS) is 13.9. The molecule has 2 unspecified atom stereocenters. The van der Waals surface area contributed by atoms with E-state index in [0.717, 1.165) is 12.8 Å². The van der Waals surface area contributed by atoms with E-state index in [9.17, 15) is 4.79 Å². The summed E-state index contributed by atoms with van der Waals surface area (Å²) >= 11 is 0. The van der Waals surface area contributed by atoms with Crippen molar-refractivity contribution < 1.29 is 4.79 Å². The van der Waals surface area contributed by atoms with Gasteiger partial charge in [0.2, 0.25) is 5.91 Å². The van der Waals surface area contributed by atoms with Crippen molar-refractivity contribution >= 4 is 5.91 Å². The molecule has 1 amide bonds. The minimum atomic E-state index is -0.155. The van der Waals surface area contributed by atoms with Gasteiger partial charge >= 0.3 is 0 Å². The molecule has 106 valence electrons. The summed E-state index contributed by atoms with van der Waals surface area (Å²) in [6.45, 7) is 4.13. The Kier molecular flexibility index (Phi) is 6.57. The van der Waals surface area contributed by atoms with Gasteiger partial charge < -0.3 is 4.90 Å². The van der Waals surface area contributed by atoms with Crippen LogP contribution in [0.5, 0.6) is 0 Å². The maximum absolute atomic E-state index is 11.9. The Bertz CT molecular complexity index is 376. The van der Waals surface area contributed by atoms with Crippen molar-refractivity contribution in [2.24, 2.45) is 0 Å². The molecule has 3 nitrogen and oxygen atoms in total. The van der Waals surface area contributed by atoms with E-state index in [2.05, 4.69) is 24.4 Å². The standard InChI is InChI=1S/C16H26N2O/c1-5-6-12-15(14-10-8-7-9-11-14)17-13(2)16(19)18(3)4/h7-11,13,15,17H,5-6,12H2,1-4H3. The van der Waals surface area contributed by atoms with Crippen LogP contribution in [0.1, 0.15) is 44.7 Å². The first kappa shape index (κ1) is 15.7. The van der Waals surface area contributed by atoms with Crippen LogP contribution in [0.15, 0.2) is 30.3 Å². The van der Waals surface area contributed by atoms with Crippen LogP contribution in [-0.2, 0) is 4.79 Å². The molecule has 0 aliphatic carbocycles. The van der Waals surface area contributed by atoms with Crippen molar-refractivity contribution in [3.63, 3.8) is 0 Å². The molecule has 0 aromatic heterocycles. The first-order valence-electron chi connectivity index (χ1n) is 7.08. The van der Waals surface area contributed by atoms with Crippen molar-refractivity contribution in [2.75, 3.05) is 14.1 Å².